The number of hydrogen-bond donors (Lipinski definition) is 2. The SMILES string of the molecule is CCc1ccc(CNC(=NC)NCCCN2C(=O)COc3ccccc32)s1. The molecule has 0 bridgehead atoms. The van der Waals surface area contributed by atoms with Crippen LogP contribution in [0.25, 0.3) is 0 Å². The van der Waals surface area contributed by atoms with Crippen LogP contribution in [0.5, 0.6) is 5.75 Å². The van der Waals surface area contributed by atoms with E-state index in [1.165, 1.54) is 9.75 Å². The summed E-state index contributed by atoms with van der Waals surface area (Å²) in [5, 5.41) is 6.65. The van der Waals surface area contributed by atoms with Crippen LogP contribution in [0.3, 0.4) is 0 Å². The number of rotatable bonds is 7. The molecule has 27 heavy (non-hydrogen) atoms. The third-order valence-electron chi connectivity index (χ3n) is 4.38. The van der Waals surface area contributed by atoms with Crippen LogP contribution in [0, 0.1) is 0 Å². The molecule has 1 aromatic carbocycles. The number of guanidine groups is 1. The maximum atomic E-state index is 12.2. The minimum absolute atomic E-state index is 0.000584. The standard InChI is InChI=1S/C20H26N4O2S/c1-3-15-9-10-16(27-15)13-23-20(21-2)22-11-6-12-24-17-7-4-5-8-18(17)26-14-19(24)25/h4-5,7-10H,3,6,11-14H2,1-2H3,(H2,21,22,23). The highest BCUT2D eigenvalue weighted by Crippen LogP contribution is 2.31. The molecule has 1 aliphatic heterocycles. The monoisotopic (exact) mass is 386 g/mol. The lowest BCUT2D eigenvalue weighted by Crippen LogP contribution is -2.41. The largest absolute Gasteiger partial charge is 0.482 e. The fourth-order valence-corrected chi connectivity index (χ4v) is 3.84. The number of carbonyl (C=O) groups excluding carboxylic acids is 1. The molecule has 1 amide bonds. The van der Waals surface area contributed by atoms with Gasteiger partial charge >= 0.3 is 0 Å². The Bertz CT molecular complexity index is 803. The first-order chi connectivity index (χ1) is 13.2. The van der Waals surface area contributed by atoms with Gasteiger partial charge in [-0.2, -0.15) is 0 Å². The van der Waals surface area contributed by atoms with Gasteiger partial charge in [0.05, 0.1) is 12.2 Å². The molecule has 2 aromatic rings. The van der Waals surface area contributed by atoms with Crippen LogP contribution >= 0.6 is 11.3 Å². The molecule has 1 aromatic heterocycles. The molecule has 6 nitrogen and oxygen atoms in total. The molecule has 2 heterocycles. The smallest absolute Gasteiger partial charge is 0.265 e. The Morgan fingerprint density at radius 2 is 2.04 bits per heavy atom. The summed E-state index contributed by atoms with van der Waals surface area (Å²) in [6.45, 7) is 4.42. The van der Waals surface area contributed by atoms with Crippen molar-refractivity contribution in [2.45, 2.75) is 26.3 Å². The summed E-state index contributed by atoms with van der Waals surface area (Å²) in [7, 11) is 1.77. The third kappa shape index (κ3) is 5.01. The molecule has 0 saturated heterocycles. The van der Waals surface area contributed by atoms with Crippen molar-refractivity contribution in [2.24, 2.45) is 4.99 Å². The molecule has 2 N–H and O–H groups in total. The van der Waals surface area contributed by atoms with Crippen LogP contribution < -0.4 is 20.3 Å². The average Bonchev–Trinajstić information content (AvgIpc) is 3.17. The minimum atomic E-state index is 0.000584. The number of para-hydroxylation sites is 2. The maximum Gasteiger partial charge on any atom is 0.265 e. The fourth-order valence-electron chi connectivity index (χ4n) is 2.94. The number of hydrogen-bond acceptors (Lipinski definition) is 4. The number of amides is 1. The first-order valence-electron chi connectivity index (χ1n) is 9.25. The number of anilines is 1. The van der Waals surface area contributed by atoms with Gasteiger partial charge in [-0.05, 0) is 37.1 Å². The van der Waals surface area contributed by atoms with Gasteiger partial charge in [0.25, 0.3) is 5.91 Å². The Kier molecular flexibility index (Phi) is 6.70. The van der Waals surface area contributed by atoms with E-state index in [1.54, 1.807) is 11.9 Å². The van der Waals surface area contributed by atoms with E-state index in [0.29, 0.717) is 6.54 Å². The van der Waals surface area contributed by atoms with E-state index < -0.39 is 0 Å². The lowest BCUT2D eigenvalue weighted by molar-refractivity contribution is -0.121. The van der Waals surface area contributed by atoms with Crippen molar-refractivity contribution in [3.63, 3.8) is 0 Å². The van der Waals surface area contributed by atoms with Gasteiger partial charge in [0.1, 0.15) is 5.75 Å². The summed E-state index contributed by atoms with van der Waals surface area (Å²) in [6, 6.07) is 12.0. The lowest BCUT2D eigenvalue weighted by Gasteiger charge is -2.29. The number of aryl methyl sites for hydroxylation is 1. The molecule has 0 fully saturated rings. The molecule has 144 valence electrons. The van der Waals surface area contributed by atoms with Gasteiger partial charge in [-0.1, -0.05) is 19.1 Å². The van der Waals surface area contributed by atoms with Crippen molar-refractivity contribution in [2.75, 3.05) is 31.6 Å². The van der Waals surface area contributed by atoms with Gasteiger partial charge in [0.2, 0.25) is 0 Å². The highest BCUT2D eigenvalue weighted by Gasteiger charge is 2.24. The Labute approximate surface area is 164 Å². The number of fused-ring (bicyclic) bond motifs is 1. The van der Waals surface area contributed by atoms with Crippen molar-refractivity contribution >= 4 is 28.9 Å². The van der Waals surface area contributed by atoms with Crippen LogP contribution in [0.2, 0.25) is 0 Å². The number of ether oxygens (including phenoxy) is 1. The normalized spacial score (nSPS) is 13.9. The summed E-state index contributed by atoms with van der Waals surface area (Å²) in [5.41, 5.74) is 0.848. The Morgan fingerprint density at radius 1 is 1.22 bits per heavy atom. The van der Waals surface area contributed by atoms with Gasteiger partial charge in [-0.15, -0.1) is 11.3 Å². The first-order valence-corrected chi connectivity index (χ1v) is 10.1. The summed E-state index contributed by atoms with van der Waals surface area (Å²) in [6.07, 6.45) is 1.89. The van der Waals surface area contributed by atoms with E-state index in [-0.39, 0.29) is 12.5 Å². The van der Waals surface area contributed by atoms with E-state index in [1.807, 2.05) is 35.6 Å². The zero-order valence-electron chi connectivity index (χ0n) is 15.8. The zero-order chi connectivity index (χ0) is 19.1. The van der Waals surface area contributed by atoms with Crippen molar-refractivity contribution in [3.05, 3.63) is 46.2 Å². The second-order valence-electron chi connectivity index (χ2n) is 6.23. The summed E-state index contributed by atoms with van der Waals surface area (Å²) in [4.78, 5) is 20.9. The maximum absolute atomic E-state index is 12.2. The predicted molar refractivity (Wildman–Crippen MR) is 111 cm³/mol. The summed E-state index contributed by atoms with van der Waals surface area (Å²) >= 11 is 1.82. The molecule has 0 radical (unpaired) electrons. The van der Waals surface area contributed by atoms with Crippen LogP contribution in [0.15, 0.2) is 41.4 Å². The van der Waals surface area contributed by atoms with Crippen molar-refractivity contribution in [1.29, 1.82) is 0 Å². The minimum Gasteiger partial charge on any atom is -0.482 e. The van der Waals surface area contributed by atoms with Gasteiger partial charge < -0.3 is 20.3 Å². The van der Waals surface area contributed by atoms with E-state index in [2.05, 4.69) is 34.7 Å². The van der Waals surface area contributed by atoms with E-state index in [0.717, 1.165) is 43.3 Å². The lowest BCUT2D eigenvalue weighted by atomic mass is 10.2. The molecule has 0 atom stereocenters. The molecular weight excluding hydrogens is 360 g/mol. The second-order valence-corrected chi connectivity index (χ2v) is 7.48. The van der Waals surface area contributed by atoms with Crippen LogP contribution in [-0.2, 0) is 17.8 Å². The van der Waals surface area contributed by atoms with Crippen molar-refractivity contribution in [3.8, 4) is 5.75 Å². The molecule has 7 heteroatoms. The van der Waals surface area contributed by atoms with Gasteiger partial charge in [0, 0.05) is 29.9 Å². The van der Waals surface area contributed by atoms with Crippen LogP contribution in [0.4, 0.5) is 5.69 Å². The van der Waals surface area contributed by atoms with Gasteiger partial charge in [-0.3, -0.25) is 9.79 Å². The van der Waals surface area contributed by atoms with Crippen LogP contribution in [0.1, 0.15) is 23.1 Å². The van der Waals surface area contributed by atoms with Gasteiger partial charge in [-0.25, -0.2) is 0 Å². The number of aliphatic imine (C=N–C) groups is 1. The number of benzene rings is 1. The fraction of sp³-hybridized carbons (Fsp3) is 0.400. The second kappa shape index (κ2) is 9.41. The average molecular weight is 387 g/mol. The molecule has 1 aliphatic rings. The zero-order valence-corrected chi connectivity index (χ0v) is 16.6. The Balaban J connectivity index is 1.44. The number of nitrogens with one attached hydrogen (secondary N) is 2. The van der Waals surface area contributed by atoms with E-state index in [4.69, 9.17) is 4.74 Å². The Hall–Kier alpha value is -2.54. The van der Waals surface area contributed by atoms with Gasteiger partial charge in [0.15, 0.2) is 12.6 Å². The topological polar surface area (TPSA) is 66.0 Å². The summed E-state index contributed by atoms with van der Waals surface area (Å²) < 4.78 is 5.48. The summed E-state index contributed by atoms with van der Waals surface area (Å²) in [5.74, 6) is 1.54. The van der Waals surface area contributed by atoms with E-state index >= 15 is 0 Å². The highest BCUT2D eigenvalue weighted by atomic mass is 32.1. The quantitative estimate of drug-likeness (QED) is 0.436. The number of carbonyl (C=O) groups is 1. The predicted octanol–water partition coefficient (Wildman–Crippen LogP) is 2.79. The number of thiophene rings is 1. The van der Waals surface area contributed by atoms with E-state index in [9.17, 15) is 4.79 Å². The molecule has 3 rings (SSSR count). The Morgan fingerprint density at radius 3 is 2.81 bits per heavy atom. The molecule has 0 saturated carbocycles. The highest BCUT2D eigenvalue weighted by molar-refractivity contribution is 7.11. The van der Waals surface area contributed by atoms with Crippen LogP contribution in [-0.4, -0.2) is 38.6 Å². The molecule has 0 aliphatic carbocycles. The van der Waals surface area contributed by atoms with Crippen molar-refractivity contribution in [1.82, 2.24) is 10.6 Å². The molecule has 0 spiro atoms. The molecular formula is C20H26N4O2S. The third-order valence-corrected chi connectivity index (χ3v) is 5.61. The molecule has 0 unspecified atom stereocenters. The van der Waals surface area contributed by atoms with Crippen molar-refractivity contribution < 1.29 is 9.53 Å². The first kappa shape index (κ1) is 19.2. The number of nitrogens with zero attached hydrogens (tertiary/aromatic N) is 2.